The van der Waals surface area contributed by atoms with Crippen LogP contribution in [0.3, 0.4) is 0 Å². The Balaban J connectivity index is 0.000000402. The lowest BCUT2D eigenvalue weighted by atomic mass is 9.89. The van der Waals surface area contributed by atoms with Crippen molar-refractivity contribution in [1.29, 1.82) is 0 Å². The molecule has 0 radical (unpaired) electrons. The molecule has 5 heterocycles. The second-order valence-corrected chi connectivity index (χ2v) is 18.1. The minimum Gasteiger partial charge on any atom is -0.368 e. The molecule has 2 fully saturated rings. The molecule has 3 aromatic heterocycles. The third kappa shape index (κ3) is 17.8. The number of piperazine rings is 1. The maximum Gasteiger partial charge on any atom is 0.245 e. The number of piperidine rings is 1. The first kappa shape index (κ1) is 52.2. The van der Waals surface area contributed by atoms with E-state index in [0.29, 0.717) is 50.8 Å². The fraction of sp³-hybridized carbons (Fsp3) is 0.580. The second kappa shape index (κ2) is 27.2. The Morgan fingerprint density at radius 3 is 2.12 bits per heavy atom. The van der Waals surface area contributed by atoms with Gasteiger partial charge in [0.05, 0.1) is 11.7 Å². The number of aryl methyl sites for hydroxylation is 2. The number of carbonyl (C=O) groups is 4. The average molecular weight is 896 g/mol. The first-order chi connectivity index (χ1) is 31.2. The average Bonchev–Trinajstić information content (AvgIpc) is 3.76. The molecule has 2 unspecified atom stereocenters. The van der Waals surface area contributed by atoms with E-state index in [1.807, 2.05) is 55.1 Å². The fourth-order valence-corrected chi connectivity index (χ4v) is 8.61. The molecule has 0 bridgehead atoms. The number of rotatable bonds is 17. The number of likely N-dealkylation sites (tertiary alicyclic amines) is 1. The molecule has 0 aliphatic carbocycles. The van der Waals surface area contributed by atoms with Crippen LogP contribution in [0.15, 0.2) is 61.2 Å². The van der Waals surface area contributed by atoms with Gasteiger partial charge in [-0.05, 0) is 113 Å². The lowest BCUT2D eigenvalue weighted by Crippen LogP contribution is -2.58. The van der Waals surface area contributed by atoms with E-state index in [0.717, 1.165) is 78.2 Å². The topological polar surface area (TPSA) is 172 Å². The van der Waals surface area contributed by atoms with Crippen molar-refractivity contribution in [2.75, 3.05) is 76.7 Å². The van der Waals surface area contributed by atoms with Crippen LogP contribution in [-0.4, -0.2) is 137 Å². The van der Waals surface area contributed by atoms with Crippen LogP contribution >= 0.6 is 0 Å². The minimum atomic E-state index is -0.812. The number of anilines is 2. The number of H-pyrrole nitrogens is 1. The molecular formula is C50H77N11O4. The van der Waals surface area contributed by atoms with Crippen molar-refractivity contribution in [2.45, 2.75) is 112 Å². The minimum absolute atomic E-state index is 0.0463. The van der Waals surface area contributed by atoms with E-state index >= 15 is 0 Å². The number of fused-ring (bicyclic) bond motifs is 1. The van der Waals surface area contributed by atoms with Crippen LogP contribution in [0, 0.1) is 25.7 Å². The molecule has 6 rings (SSSR count). The Morgan fingerprint density at radius 1 is 0.846 bits per heavy atom. The Bertz CT molecular complexity index is 2050. The van der Waals surface area contributed by atoms with Crippen molar-refractivity contribution in [2.24, 2.45) is 11.8 Å². The Hall–Kier alpha value is -5.41. The van der Waals surface area contributed by atoms with Gasteiger partial charge in [-0.25, -0.2) is 4.98 Å². The molecule has 4 N–H and O–H groups in total. The van der Waals surface area contributed by atoms with Gasteiger partial charge in [0.15, 0.2) is 0 Å². The molecule has 356 valence electrons. The molecule has 0 spiro atoms. The number of carbonyl (C=O) groups excluding carboxylic acids is 4. The van der Waals surface area contributed by atoms with Gasteiger partial charge in [-0.15, -0.1) is 0 Å². The number of nitrogens with one attached hydrogen (secondary N) is 4. The van der Waals surface area contributed by atoms with Crippen molar-refractivity contribution in [1.82, 2.24) is 45.5 Å². The number of amides is 4. The number of hydrogen-bond donors (Lipinski definition) is 4. The molecule has 15 heteroatoms. The van der Waals surface area contributed by atoms with Gasteiger partial charge >= 0.3 is 0 Å². The molecule has 65 heavy (non-hydrogen) atoms. The maximum atomic E-state index is 14.1. The molecule has 2 aliphatic rings. The zero-order valence-electron chi connectivity index (χ0n) is 40.7. The van der Waals surface area contributed by atoms with Crippen LogP contribution in [0.1, 0.15) is 96.3 Å². The maximum absolute atomic E-state index is 14.1. The summed E-state index contributed by atoms with van der Waals surface area (Å²) in [4.78, 5) is 67.8. The number of benzene rings is 1. The van der Waals surface area contributed by atoms with Crippen LogP contribution in [0.2, 0.25) is 0 Å². The molecule has 2 saturated heterocycles. The fourth-order valence-electron chi connectivity index (χ4n) is 8.61. The van der Waals surface area contributed by atoms with Crippen molar-refractivity contribution in [3.63, 3.8) is 0 Å². The summed E-state index contributed by atoms with van der Waals surface area (Å²) < 4.78 is 0. The lowest BCUT2D eigenvalue weighted by Gasteiger charge is -2.39. The molecule has 15 nitrogen and oxygen atoms in total. The molecule has 2 atom stereocenters. The SMILES string of the molecule is CC(=O)NC(Cc1cc(C)c2[nH]ncc2c1)C(=O)NC(CC1CCN(CCN(C)C)CC1)C(=O)N1CCN(c2ccncc2)CC1.CC(=O)Nc1ncccc1C.CCCC(C)CCC. The summed E-state index contributed by atoms with van der Waals surface area (Å²) >= 11 is 0. The molecule has 4 amide bonds. The van der Waals surface area contributed by atoms with Gasteiger partial charge in [-0.1, -0.05) is 58.6 Å². The van der Waals surface area contributed by atoms with E-state index in [1.54, 1.807) is 24.8 Å². The van der Waals surface area contributed by atoms with Crippen LogP contribution in [0.25, 0.3) is 10.9 Å². The number of likely N-dealkylation sites (N-methyl/N-ethyl adjacent to an activating group) is 1. The number of aromatic amines is 1. The number of aromatic nitrogens is 4. The quantitative estimate of drug-likeness (QED) is 0.0933. The largest absolute Gasteiger partial charge is 0.368 e. The lowest BCUT2D eigenvalue weighted by molar-refractivity contribution is -0.138. The van der Waals surface area contributed by atoms with Gasteiger partial charge in [0.25, 0.3) is 0 Å². The van der Waals surface area contributed by atoms with E-state index in [2.05, 4.69) is 85.7 Å². The normalized spacial score (nSPS) is 15.4. The van der Waals surface area contributed by atoms with Crippen molar-refractivity contribution in [3.8, 4) is 0 Å². The summed E-state index contributed by atoms with van der Waals surface area (Å²) in [6.45, 7) is 20.2. The third-order valence-corrected chi connectivity index (χ3v) is 12.2. The van der Waals surface area contributed by atoms with Crippen LogP contribution < -0.4 is 20.9 Å². The Morgan fingerprint density at radius 2 is 1.52 bits per heavy atom. The predicted octanol–water partition coefficient (Wildman–Crippen LogP) is 6.38. The van der Waals surface area contributed by atoms with Gasteiger partial charge in [0, 0.05) is 89.2 Å². The highest BCUT2D eigenvalue weighted by atomic mass is 16.2. The summed E-state index contributed by atoms with van der Waals surface area (Å²) in [6, 6.07) is 10.2. The first-order valence-electron chi connectivity index (χ1n) is 23.7. The smallest absolute Gasteiger partial charge is 0.245 e. The van der Waals surface area contributed by atoms with Crippen LogP contribution in [0.4, 0.5) is 11.5 Å². The predicted molar refractivity (Wildman–Crippen MR) is 262 cm³/mol. The zero-order chi connectivity index (χ0) is 47.3. The first-order valence-corrected chi connectivity index (χ1v) is 23.7. The van der Waals surface area contributed by atoms with Gasteiger partial charge < -0.3 is 35.6 Å². The van der Waals surface area contributed by atoms with Gasteiger partial charge in [-0.3, -0.25) is 29.3 Å². The highest BCUT2D eigenvalue weighted by Gasteiger charge is 2.34. The number of hydrogen-bond acceptors (Lipinski definition) is 10. The Labute approximate surface area is 387 Å². The molecule has 2 aliphatic heterocycles. The summed E-state index contributed by atoms with van der Waals surface area (Å²) in [7, 11) is 4.18. The van der Waals surface area contributed by atoms with E-state index in [-0.39, 0.29) is 23.6 Å². The monoisotopic (exact) mass is 896 g/mol. The van der Waals surface area contributed by atoms with E-state index in [1.165, 1.54) is 39.5 Å². The standard InChI is InChI=1S/C34H49N9O3.C8H10N2O.C8H18/c1-24-19-27(20-28-23-36-39-32(24)28)22-30(37-25(2)44)33(45)38-31(21-26-7-11-41(12-8-26)14-13-40(3)4)34(46)43-17-15-42(16-18-43)29-5-9-35-10-6-29;1-6-4-3-5-9-8(6)10-7(2)11;1-4-6-8(3)7-5-2/h5-6,9-10,19-20,23,26,30-31H,7-8,11-18,21-22H2,1-4H3,(H,36,39)(H,37,44)(H,38,45);3-5H,1-2H3,(H,9,10,11);8H,4-7H2,1-3H3. The summed E-state index contributed by atoms with van der Waals surface area (Å²) in [6.07, 6.45) is 15.4. The summed E-state index contributed by atoms with van der Waals surface area (Å²) in [5.41, 5.74) is 4.95. The van der Waals surface area contributed by atoms with Gasteiger partial charge in [0.2, 0.25) is 23.6 Å². The summed E-state index contributed by atoms with van der Waals surface area (Å²) in [5.74, 6) is 1.17. The molecule has 4 aromatic rings. The number of nitrogens with zero attached hydrogens (tertiary/aromatic N) is 7. The van der Waals surface area contributed by atoms with E-state index in [4.69, 9.17) is 0 Å². The third-order valence-electron chi connectivity index (χ3n) is 12.2. The van der Waals surface area contributed by atoms with Gasteiger partial charge in [-0.2, -0.15) is 5.10 Å². The molecular weight excluding hydrogens is 819 g/mol. The molecule has 1 aromatic carbocycles. The van der Waals surface area contributed by atoms with Crippen molar-refractivity contribution >= 4 is 46.0 Å². The zero-order valence-corrected chi connectivity index (χ0v) is 40.7. The molecule has 0 saturated carbocycles. The van der Waals surface area contributed by atoms with E-state index in [9.17, 15) is 19.2 Å². The second-order valence-electron chi connectivity index (χ2n) is 18.1. The van der Waals surface area contributed by atoms with Gasteiger partial charge in [0.1, 0.15) is 17.9 Å². The van der Waals surface area contributed by atoms with Crippen LogP contribution in [0.5, 0.6) is 0 Å². The van der Waals surface area contributed by atoms with Crippen LogP contribution in [-0.2, 0) is 25.6 Å². The highest BCUT2D eigenvalue weighted by Crippen LogP contribution is 2.25. The summed E-state index contributed by atoms with van der Waals surface area (Å²) in [5, 5.41) is 16.7. The number of pyridine rings is 2. The van der Waals surface area contributed by atoms with E-state index < -0.39 is 12.1 Å². The highest BCUT2D eigenvalue weighted by molar-refractivity contribution is 5.92. The van der Waals surface area contributed by atoms with Crippen molar-refractivity contribution < 1.29 is 19.2 Å². The Kier molecular flexibility index (Phi) is 21.8. The van der Waals surface area contributed by atoms with Crippen molar-refractivity contribution in [3.05, 3.63) is 77.9 Å².